The van der Waals surface area contributed by atoms with E-state index in [1.54, 1.807) is 0 Å². The van der Waals surface area contributed by atoms with Crippen molar-refractivity contribution in [3.05, 3.63) is 102 Å². The topological polar surface area (TPSA) is 54.5 Å². The molecule has 0 spiro atoms. The summed E-state index contributed by atoms with van der Waals surface area (Å²) in [6, 6.07) is 26.9. The zero-order valence-corrected chi connectivity index (χ0v) is 20.4. The summed E-state index contributed by atoms with van der Waals surface area (Å²) in [5.74, 6) is 0.293. The minimum atomic E-state index is 0.0958. The number of nitrogens with zero attached hydrogens (tertiary/aromatic N) is 1. The van der Waals surface area contributed by atoms with Crippen LogP contribution in [0, 0.1) is 0 Å². The van der Waals surface area contributed by atoms with Crippen LogP contribution in [0.2, 0.25) is 0 Å². The molecule has 0 fully saturated rings. The monoisotopic (exact) mass is 463 g/mol. The fourth-order valence-electron chi connectivity index (χ4n) is 4.34. The molecule has 0 radical (unpaired) electrons. The number of hydrogen-bond acceptors (Lipinski definition) is 4. The lowest BCUT2D eigenvalue weighted by Gasteiger charge is -2.27. The van der Waals surface area contributed by atoms with Crippen molar-refractivity contribution in [3.8, 4) is 0 Å². The van der Waals surface area contributed by atoms with E-state index in [-0.39, 0.29) is 17.3 Å². The van der Waals surface area contributed by atoms with Gasteiger partial charge in [0.1, 0.15) is 0 Å². The molecule has 0 amide bonds. The molecule has 0 aromatic heterocycles. The number of hydrogen-bond donors (Lipinski definition) is 0. The number of carbonyl (C=O) groups is 3. The van der Waals surface area contributed by atoms with Gasteiger partial charge in [-0.05, 0) is 66.0 Å². The zero-order chi connectivity index (χ0) is 24.9. The Morgan fingerprint density at radius 3 is 1.46 bits per heavy atom. The van der Waals surface area contributed by atoms with Crippen LogP contribution in [0.4, 0.5) is 17.1 Å². The third kappa shape index (κ3) is 4.78. The first kappa shape index (κ1) is 24.1. The summed E-state index contributed by atoms with van der Waals surface area (Å²) in [4.78, 5) is 39.1. The van der Waals surface area contributed by atoms with Gasteiger partial charge in [0.25, 0.3) is 0 Å². The van der Waals surface area contributed by atoms with E-state index < -0.39 is 0 Å². The van der Waals surface area contributed by atoms with Gasteiger partial charge in [-0.2, -0.15) is 0 Å². The second-order valence-electron chi connectivity index (χ2n) is 8.44. The summed E-state index contributed by atoms with van der Waals surface area (Å²) < 4.78 is 0. The highest BCUT2D eigenvalue weighted by Crippen LogP contribution is 2.40. The number of rotatable bonds is 9. The lowest BCUT2D eigenvalue weighted by atomic mass is 9.97. The van der Waals surface area contributed by atoms with Crippen LogP contribution in [0.15, 0.2) is 84.9 Å². The Bertz CT molecular complexity index is 1330. The van der Waals surface area contributed by atoms with Gasteiger partial charge in [0.05, 0.1) is 5.69 Å². The molecule has 0 saturated carbocycles. The predicted octanol–water partition coefficient (Wildman–Crippen LogP) is 8.09. The molecule has 0 unspecified atom stereocenters. The Balaban J connectivity index is 1.92. The number of fused-ring (bicyclic) bond motifs is 1. The summed E-state index contributed by atoms with van der Waals surface area (Å²) in [6.07, 6.45) is 1.34. The largest absolute Gasteiger partial charge is 0.310 e. The number of ketones is 3. The van der Waals surface area contributed by atoms with Crippen molar-refractivity contribution in [2.45, 2.75) is 40.0 Å². The number of anilines is 3. The normalized spacial score (nSPS) is 10.8. The van der Waals surface area contributed by atoms with E-state index in [0.29, 0.717) is 36.0 Å². The Labute approximate surface area is 206 Å². The molecular weight excluding hydrogens is 434 g/mol. The van der Waals surface area contributed by atoms with E-state index in [0.717, 1.165) is 27.8 Å². The van der Waals surface area contributed by atoms with Gasteiger partial charge in [-0.3, -0.25) is 14.4 Å². The Morgan fingerprint density at radius 2 is 1.00 bits per heavy atom. The zero-order valence-electron chi connectivity index (χ0n) is 20.4. The lowest BCUT2D eigenvalue weighted by molar-refractivity contribution is 0.0980. The molecular formula is C31H29NO3. The lowest BCUT2D eigenvalue weighted by Crippen LogP contribution is -2.12. The van der Waals surface area contributed by atoms with E-state index in [1.165, 1.54) is 0 Å². The Kier molecular flexibility index (Phi) is 7.21. The molecule has 176 valence electrons. The van der Waals surface area contributed by atoms with Gasteiger partial charge in [0.2, 0.25) is 0 Å². The van der Waals surface area contributed by atoms with Crippen LogP contribution >= 0.6 is 0 Å². The van der Waals surface area contributed by atoms with Crippen molar-refractivity contribution in [2.75, 3.05) is 4.90 Å². The third-order valence-electron chi connectivity index (χ3n) is 6.30. The summed E-state index contributed by atoms with van der Waals surface area (Å²) >= 11 is 0. The second-order valence-corrected chi connectivity index (χ2v) is 8.44. The van der Waals surface area contributed by atoms with E-state index in [1.807, 2.05) is 106 Å². The number of carbonyl (C=O) groups excluding carboxylic acids is 3. The van der Waals surface area contributed by atoms with Crippen LogP contribution in [-0.4, -0.2) is 17.3 Å². The van der Waals surface area contributed by atoms with Crippen molar-refractivity contribution >= 4 is 45.2 Å². The van der Waals surface area contributed by atoms with Crippen molar-refractivity contribution in [1.29, 1.82) is 0 Å². The highest BCUT2D eigenvalue weighted by atomic mass is 16.1. The van der Waals surface area contributed by atoms with Gasteiger partial charge in [-0.15, -0.1) is 0 Å². The molecule has 0 aliphatic carbocycles. The first-order valence-electron chi connectivity index (χ1n) is 12.1. The van der Waals surface area contributed by atoms with Crippen LogP contribution in [0.1, 0.15) is 71.1 Å². The van der Waals surface area contributed by atoms with Crippen LogP contribution in [0.5, 0.6) is 0 Å². The maximum atomic E-state index is 12.6. The minimum absolute atomic E-state index is 0.0958. The quantitative estimate of drug-likeness (QED) is 0.235. The molecule has 0 atom stereocenters. The van der Waals surface area contributed by atoms with E-state index in [9.17, 15) is 14.4 Å². The van der Waals surface area contributed by atoms with Crippen molar-refractivity contribution in [2.24, 2.45) is 0 Å². The fraction of sp³-hybridized carbons (Fsp3) is 0.194. The highest BCUT2D eigenvalue weighted by Gasteiger charge is 2.19. The van der Waals surface area contributed by atoms with Crippen molar-refractivity contribution in [1.82, 2.24) is 0 Å². The van der Waals surface area contributed by atoms with E-state index in [4.69, 9.17) is 0 Å². The van der Waals surface area contributed by atoms with Crippen LogP contribution in [-0.2, 0) is 0 Å². The van der Waals surface area contributed by atoms with Gasteiger partial charge < -0.3 is 4.90 Å². The maximum absolute atomic E-state index is 12.6. The van der Waals surface area contributed by atoms with Crippen molar-refractivity contribution < 1.29 is 14.4 Å². The number of benzene rings is 4. The molecule has 4 aromatic rings. The first-order valence-corrected chi connectivity index (χ1v) is 12.1. The molecule has 4 nitrogen and oxygen atoms in total. The molecule has 4 rings (SSSR count). The molecule has 4 aromatic carbocycles. The average molecular weight is 464 g/mol. The van der Waals surface area contributed by atoms with Gasteiger partial charge >= 0.3 is 0 Å². The standard InChI is InChI=1S/C31H29NO3/c1-4-29(33)21-11-15-23(16-12-21)32(24-17-13-22(14-18-24)30(34)5-2)28-20-19-27(31(35)6-3)25-9-7-8-10-26(25)28/h7-20H,4-6H2,1-3H3. The van der Waals surface area contributed by atoms with Gasteiger partial charge in [-0.25, -0.2) is 0 Å². The second kappa shape index (κ2) is 10.5. The molecule has 0 N–H and O–H groups in total. The van der Waals surface area contributed by atoms with Crippen LogP contribution in [0.3, 0.4) is 0 Å². The molecule has 0 heterocycles. The summed E-state index contributed by atoms with van der Waals surface area (Å²) in [6.45, 7) is 5.58. The Morgan fingerprint density at radius 1 is 0.543 bits per heavy atom. The smallest absolute Gasteiger partial charge is 0.163 e. The fourth-order valence-corrected chi connectivity index (χ4v) is 4.34. The molecule has 35 heavy (non-hydrogen) atoms. The minimum Gasteiger partial charge on any atom is -0.310 e. The predicted molar refractivity (Wildman–Crippen MR) is 142 cm³/mol. The molecule has 0 aliphatic rings. The van der Waals surface area contributed by atoms with Gasteiger partial charge in [0.15, 0.2) is 17.3 Å². The summed E-state index contributed by atoms with van der Waals surface area (Å²) in [7, 11) is 0. The Hall–Kier alpha value is -4.05. The number of Topliss-reactive ketones (excluding diaryl/α,β-unsaturated/α-hetero) is 3. The van der Waals surface area contributed by atoms with Crippen molar-refractivity contribution in [3.63, 3.8) is 0 Å². The summed E-state index contributed by atoms with van der Waals surface area (Å²) in [5.41, 5.74) is 4.73. The molecule has 0 aliphatic heterocycles. The molecule has 4 heteroatoms. The van der Waals surface area contributed by atoms with E-state index in [2.05, 4.69) is 4.90 Å². The highest BCUT2D eigenvalue weighted by molar-refractivity contribution is 6.12. The average Bonchev–Trinajstić information content (AvgIpc) is 2.92. The third-order valence-corrected chi connectivity index (χ3v) is 6.30. The maximum Gasteiger partial charge on any atom is 0.163 e. The van der Waals surface area contributed by atoms with Gasteiger partial charge in [0, 0.05) is 52.7 Å². The first-order chi connectivity index (χ1) is 17.0. The van der Waals surface area contributed by atoms with Crippen LogP contribution < -0.4 is 4.90 Å². The molecule has 0 saturated heterocycles. The summed E-state index contributed by atoms with van der Waals surface area (Å²) in [5, 5.41) is 1.85. The van der Waals surface area contributed by atoms with Crippen LogP contribution in [0.25, 0.3) is 10.8 Å². The van der Waals surface area contributed by atoms with E-state index >= 15 is 0 Å². The van der Waals surface area contributed by atoms with Gasteiger partial charge in [-0.1, -0.05) is 45.0 Å². The SMILES string of the molecule is CCC(=O)c1ccc(N(c2ccc(C(=O)CC)cc2)c2ccc(C(=O)CC)c3ccccc23)cc1. The molecule has 0 bridgehead atoms.